The SMILES string of the molecule is CC.CC.Cc1ccc(C(C)OCc2ccc(C(F)(F)F)cc2)cc1. The van der Waals surface area contributed by atoms with Crippen molar-refractivity contribution >= 4 is 0 Å². The van der Waals surface area contributed by atoms with Gasteiger partial charge in [0, 0.05) is 0 Å². The average molecular weight is 354 g/mol. The first-order chi connectivity index (χ1) is 11.9. The van der Waals surface area contributed by atoms with Gasteiger partial charge in [-0.1, -0.05) is 69.7 Å². The van der Waals surface area contributed by atoms with E-state index < -0.39 is 11.7 Å². The maximum Gasteiger partial charge on any atom is 0.416 e. The lowest BCUT2D eigenvalue weighted by molar-refractivity contribution is -0.137. The molecule has 0 fully saturated rings. The Morgan fingerprint density at radius 3 is 1.76 bits per heavy atom. The number of benzene rings is 2. The van der Waals surface area contributed by atoms with Crippen molar-refractivity contribution in [2.45, 2.75) is 60.4 Å². The maximum absolute atomic E-state index is 12.5. The first kappa shape index (κ1) is 23.2. The van der Waals surface area contributed by atoms with Gasteiger partial charge < -0.3 is 4.74 Å². The van der Waals surface area contributed by atoms with E-state index in [-0.39, 0.29) is 12.7 Å². The van der Waals surface area contributed by atoms with Crippen molar-refractivity contribution in [3.63, 3.8) is 0 Å². The number of ether oxygens (including phenoxy) is 1. The van der Waals surface area contributed by atoms with Gasteiger partial charge in [-0.3, -0.25) is 0 Å². The third-order valence-electron chi connectivity index (χ3n) is 3.33. The molecule has 0 saturated heterocycles. The summed E-state index contributed by atoms with van der Waals surface area (Å²) in [5.74, 6) is 0. The van der Waals surface area contributed by atoms with Gasteiger partial charge >= 0.3 is 6.18 Å². The monoisotopic (exact) mass is 354 g/mol. The summed E-state index contributed by atoms with van der Waals surface area (Å²) >= 11 is 0. The second-order valence-corrected chi connectivity index (χ2v) is 5.06. The number of aryl methyl sites for hydroxylation is 1. The van der Waals surface area contributed by atoms with Crippen molar-refractivity contribution in [3.8, 4) is 0 Å². The molecule has 0 N–H and O–H groups in total. The van der Waals surface area contributed by atoms with Crippen LogP contribution < -0.4 is 0 Å². The molecule has 0 aromatic heterocycles. The summed E-state index contributed by atoms with van der Waals surface area (Å²) in [6, 6.07) is 13.1. The van der Waals surface area contributed by atoms with Crippen LogP contribution in [-0.4, -0.2) is 0 Å². The molecule has 0 aliphatic rings. The summed E-state index contributed by atoms with van der Waals surface area (Å²) < 4.78 is 43.1. The molecule has 4 heteroatoms. The molecule has 25 heavy (non-hydrogen) atoms. The molecule has 2 rings (SSSR count). The van der Waals surface area contributed by atoms with Gasteiger partial charge in [0.15, 0.2) is 0 Å². The molecule has 1 atom stereocenters. The molecule has 0 aliphatic heterocycles. The van der Waals surface area contributed by atoms with Crippen LogP contribution in [0.3, 0.4) is 0 Å². The van der Waals surface area contributed by atoms with Crippen LogP contribution in [0.5, 0.6) is 0 Å². The zero-order valence-corrected chi connectivity index (χ0v) is 15.9. The summed E-state index contributed by atoms with van der Waals surface area (Å²) in [4.78, 5) is 0. The molecular weight excluding hydrogens is 325 g/mol. The average Bonchev–Trinajstić information content (AvgIpc) is 2.63. The smallest absolute Gasteiger partial charge is 0.369 e. The van der Waals surface area contributed by atoms with Crippen LogP contribution in [0.1, 0.15) is 63.0 Å². The van der Waals surface area contributed by atoms with Gasteiger partial charge in [-0.05, 0) is 37.1 Å². The van der Waals surface area contributed by atoms with E-state index in [1.165, 1.54) is 17.7 Å². The molecule has 1 unspecified atom stereocenters. The van der Waals surface area contributed by atoms with Gasteiger partial charge in [0.25, 0.3) is 0 Å². The summed E-state index contributed by atoms with van der Waals surface area (Å²) in [5.41, 5.74) is 2.31. The molecule has 0 bridgehead atoms. The van der Waals surface area contributed by atoms with E-state index in [1.807, 2.05) is 65.8 Å². The van der Waals surface area contributed by atoms with E-state index >= 15 is 0 Å². The molecule has 0 spiro atoms. The molecular formula is C21H29F3O. The van der Waals surface area contributed by atoms with Crippen LogP contribution >= 0.6 is 0 Å². The van der Waals surface area contributed by atoms with Crippen LogP contribution in [0.4, 0.5) is 13.2 Å². The molecule has 140 valence electrons. The molecule has 2 aromatic carbocycles. The molecule has 2 aromatic rings. The van der Waals surface area contributed by atoms with Gasteiger partial charge in [0.05, 0.1) is 18.3 Å². The topological polar surface area (TPSA) is 9.23 Å². The molecule has 0 saturated carbocycles. The summed E-state index contributed by atoms with van der Waals surface area (Å²) in [7, 11) is 0. The van der Waals surface area contributed by atoms with Crippen LogP contribution in [0.2, 0.25) is 0 Å². The van der Waals surface area contributed by atoms with Gasteiger partial charge in [0.2, 0.25) is 0 Å². The standard InChI is InChI=1S/C17H17F3O.2C2H6/c1-12-3-7-15(8-4-12)13(2)21-11-14-5-9-16(10-6-14)17(18,19)20;2*1-2/h3-10,13H,11H2,1-2H3;2*1-2H3. The van der Waals surface area contributed by atoms with Crippen LogP contribution in [-0.2, 0) is 17.5 Å². The Morgan fingerprint density at radius 1 is 0.840 bits per heavy atom. The van der Waals surface area contributed by atoms with Crippen molar-refractivity contribution in [2.75, 3.05) is 0 Å². The Labute approximate surface area is 149 Å². The fourth-order valence-electron chi connectivity index (χ4n) is 1.94. The Bertz CT molecular complexity index is 572. The van der Waals surface area contributed by atoms with Gasteiger partial charge in [-0.25, -0.2) is 0 Å². The Morgan fingerprint density at radius 2 is 1.32 bits per heavy atom. The number of rotatable bonds is 4. The lowest BCUT2D eigenvalue weighted by Gasteiger charge is -2.14. The largest absolute Gasteiger partial charge is 0.416 e. The van der Waals surface area contributed by atoms with E-state index in [0.29, 0.717) is 0 Å². The van der Waals surface area contributed by atoms with Gasteiger partial charge in [-0.15, -0.1) is 0 Å². The minimum absolute atomic E-state index is 0.104. The van der Waals surface area contributed by atoms with E-state index in [2.05, 4.69) is 0 Å². The minimum atomic E-state index is -4.30. The highest BCUT2D eigenvalue weighted by Crippen LogP contribution is 2.29. The van der Waals surface area contributed by atoms with Crippen LogP contribution in [0, 0.1) is 6.92 Å². The zero-order chi connectivity index (χ0) is 19.5. The Kier molecular flexibility index (Phi) is 10.8. The summed E-state index contributed by atoms with van der Waals surface area (Å²) in [6.07, 6.45) is -4.40. The van der Waals surface area contributed by atoms with Crippen molar-refractivity contribution < 1.29 is 17.9 Å². The van der Waals surface area contributed by atoms with E-state index in [9.17, 15) is 13.2 Å². The van der Waals surface area contributed by atoms with E-state index in [0.717, 1.165) is 23.3 Å². The van der Waals surface area contributed by atoms with Crippen molar-refractivity contribution in [3.05, 3.63) is 70.8 Å². The second-order valence-electron chi connectivity index (χ2n) is 5.06. The van der Waals surface area contributed by atoms with Gasteiger partial charge in [0.1, 0.15) is 0 Å². The number of hydrogen-bond acceptors (Lipinski definition) is 1. The highest BCUT2D eigenvalue weighted by atomic mass is 19.4. The summed E-state index contributed by atoms with van der Waals surface area (Å²) in [5, 5.41) is 0. The molecule has 1 nitrogen and oxygen atoms in total. The van der Waals surface area contributed by atoms with Crippen LogP contribution in [0.25, 0.3) is 0 Å². The predicted molar refractivity (Wildman–Crippen MR) is 98.5 cm³/mol. The number of hydrogen-bond donors (Lipinski definition) is 0. The maximum atomic E-state index is 12.5. The zero-order valence-electron chi connectivity index (χ0n) is 15.9. The fraction of sp³-hybridized carbons (Fsp3) is 0.429. The minimum Gasteiger partial charge on any atom is -0.369 e. The normalized spacial score (nSPS) is 11.6. The fourth-order valence-corrected chi connectivity index (χ4v) is 1.94. The molecule has 0 aliphatic carbocycles. The van der Waals surface area contributed by atoms with Crippen LogP contribution in [0.15, 0.2) is 48.5 Å². The third-order valence-corrected chi connectivity index (χ3v) is 3.33. The molecule has 0 radical (unpaired) electrons. The lowest BCUT2D eigenvalue weighted by atomic mass is 10.1. The Hall–Kier alpha value is -1.81. The lowest BCUT2D eigenvalue weighted by Crippen LogP contribution is -2.05. The van der Waals surface area contributed by atoms with E-state index in [1.54, 1.807) is 0 Å². The van der Waals surface area contributed by atoms with E-state index in [4.69, 9.17) is 4.74 Å². The van der Waals surface area contributed by atoms with Crippen molar-refractivity contribution in [1.82, 2.24) is 0 Å². The van der Waals surface area contributed by atoms with Crippen molar-refractivity contribution in [2.24, 2.45) is 0 Å². The number of halogens is 3. The molecule has 0 amide bonds. The summed E-state index contributed by atoms with van der Waals surface area (Å²) in [6.45, 7) is 12.2. The van der Waals surface area contributed by atoms with Gasteiger partial charge in [-0.2, -0.15) is 13.2 Å². The highest BCUT2D eigenvalue weighted by Gasteiger charge is 2.29. The number of alkyl halides is 3. The van der Waals surface area contributed by atoms with Crippen molar-refractivity contribution in [1.29, 1.82) is 0 Å². The first-order valence-electron chi connectivity index (χ1n) is 8.70. The quantitative estimate of drug-likeness (QED) is 0.558. The molecule has 0 heterocycles. The highest BCUT2D eigenvalue weighted by molar-refractivity contribution is 5.25. The second kappa shape index (κ2) is 11.7. The first-order valence-corrected chi connectivity index (χ1v) is 8.70. The third kappa shape index (κ3) is 8.21. The predicted octanol–water partition coefficient (Wildman–Crippen LogP) is 7.34. The Balaban J connectivity index is 0.00000134.